The van der Waals surface area contributed by atoms with Crippen molar-refractivity contribution in [1.82, 2.24) is 9.55 Å². The Hall–Kier alpha value is -1.86. The average molecular weight is 243 g/mol. The van der Waals surface area contributed by atoms with Crippen molar-refractivity contribution >= 4 is 12.2 Å². The summed E-state index contributed by atoms with van der Waals surface area (Å²) in [6, 6.07) is 9.70. The Morgan fingerprint density at radius 2 is 2.06 bits per heavy atom. The lowest BCUT2D eigenvalue weighted by molar-refractivity contribution is 0.736. The van der Waals surface area contributed by atoms with Crippen LogP contribution in [0.5, 0.6) is 0 Å². The summed E-state index contributed by atoms with van der Waals surface area (Å²) in [6.45, 7) is 2.85. The number of rotatable bonds is 3. The number of hydrogen-bond donors (Lipinski definition) is 1. The van der Waals surface area contributed by atoms with Crippen molar-refractivity contribution in [1.29, 1.82) is 5.26 Å². The van der Waals surface area contributed by atoms with Crippen molar-refractivity contribution in [3.8, 4) is 6.07 Å². The zero-order valence-corrected chi connectivity index (χ0v) is 10.4. The lowest BCUT2D eigenvalue weighted by Crippen LogP contribution is -2.03. The van der Waals surface area contributed by atoms with Crippen LogP contribution in [0.1, 0.15) is 23.7 Å². The molecule has 4 heteroatoms. The van der Waals surface area contributed by atoms with Crippen molar-refractivity contribution in [3.05, 3.63) is 52.1 Å². The monoisotopic (exact) mass is 243 g/mol. The highest BCUT2D eigenvalue weighted by Crippen LogP contribution is 2.09. The Labute approximate surface area is 105 Å². The summed E-state index contributed by atoms with van der Waals surface area (Å²) in [6.07, 6.45) is 2.90. The molecule has 0 aliphatic rings. The van der Waals surface area contributed by atoms with E-state index in [0.29, 0.717) is 5.56 Å². The van der Waals surface area contributed by atoms with E-state index in [9.17, 15) is 0 Å². The highest BCUT2D eigenvalue weighted by atomic mass is 32.1. The molecule has 0 aliphatic carbocycles. The Bertz CT molecular complexity index is 599. The van der Waals surface area contributed by atoms with Gasteiger partial charge in [0.25, 0.3) is 0 Å². The van der Waals surface area contributed by atoms with Crippen LogP contribution in [-0.2, 0) is 13.0 Å². The SMILES string of the molecule is CCc1c[nH]c(=S)n1Cc1ccc(C#N)cc1. The number of nitrogens with zero attached hydrogens (tertiary/aromatic N) is 2. The first-order chi connectivity index (χ1) is 8.24. The molecule has 1 aromatic carbocycles. The largest absolute Gasteiger partial charge is 0.337 e. The molecule has 0 bridgehead atoms. The highest BCUT2D eigenvalue weighted by molar-refractivity contribution is 7.71. The molecule has 3 nitrogen and oxygen atoms in total. The summed E-state index contributed by atoms with van der Waals surface area (Å²) in [4.78, 5) is 3.06. The van der Waals surface area contributed by atoms with Crippen LogP contribution in [0.4, 0.5) is 0 Å². The van der Waals surface area contributed by atoms with Gasteiger partial charge in [-0.1, -0.05) is 19.1 Å². The van der Waals surface area contributed by atoms with Crippen LogP contribution in [0, 0.1) is 16.1 Å². The van der Waals surface area contributed by atoms with E-state index in [1.54, 1.807) is 0 Å². The topological polar surface area (TPSA) is 44.5 Å². The van der Waals surface area contributed by atoms with E-state index in [1.165, 1.54) is 5.69 Å². The lowest BCUT2D eigenvalue weighted by Gasteiger charge is -2.06. The molecule has 1 N–H and O–H groups in total. The van der Waals surface area contributed by atoms with Gasteiger partial charge in [-0.15, -0.1) is 0 Å². The quantitative estimate of drug-likeness (QED) is 0.842. The first-order valence-electron chi connectivity index (χ1n) is 5.50. The molecule has 0 fully saturated rings. The molecule has 0 radical (unpaired) electrons. The predicted octanol–water partition coefficient (Wildman–Crippen LogP) is 3.03. The minimum atomic E-state index is 0.683. The second kappa shape index (κ2) is 4.98. The van der Waals surface area contributed by atoms with E-state index in [4.69, 9.17) is 17.5 Å². The van der Waals surface area contributed by atoms with Gasteiger partial charge in [-0.3, -0.25) is 0 Å². The molecule has 86 valence electrons. The fraction of sp³-hybridized carbons (Fsp3) is 0.231. The summed E-state index contributed by atoms with van der Waals surface area (Å²) < 4.78 is 2.82. The number of nitriles is 1. The molecule has 0 aliphatic heterocycles. The van der Waals surface area contributed by atoms with Crippen LogP contribution < -0.4 is 0 Å². The Balaban J connectivity index is 2.28. The molecule has 2 rings (SSSR count). The number of hydrogen-bond acceptors (Lipinski definition) is 2. The summed E-state index contributed by atoms with van der Waals surface area (Å²) in [5.41, 5.74) is 3.02. The third-order valence-electron chi connectivity index (χ3n) is 2.74. The minimum absolute atomic E-state index is 0.683. The normalized spacial score (nSPS) is 10.1. The van der Waals surface area contributed by atoms with Crippen molar-refractivity contribution in [2.45, 2.75) is 19.9 Å². The fourth-order valence-corrected chi connectivity index (χ4v) is 2.01. The minimum Gasteiger partial charge on any atom is -0.337 e. The molecule has 1 heterocycles. The summed E-state index contributed by atoms with van der Waals surface area (Å²) in [5.74, 6) is 0. The molecule has 1 aromatic heterocycles. The number of benzene rings is 1. The van der Waals surface area contributed by atoms with Gasteiger partial charge in [-0.05, 0) is 36.3 Å². The number of imidazole rings is 1. The van der Waals surface area contributed by atoms with Gasteiger partial charge in [-0.2, -0.15) is 5.26 Å². The van der Waals surface area contributed by atoms with Crippen LogP contribution >= 0.6 is 12.2 Å². The maximum absolute atomic E-state index is 8.73. The van der Waals surface area contributed by atoms with E-state index in [0.717, 1.165) is 23.3 Å². The average Bonchev–Trinajstić information content (AvgIpc) is 2.71. The molecule has 0 atom stereocenters. The number of nitrogens with one attached hydrogen (secondary N) is 1. The standard InChI is InChI=1S/C13H13N3S/c1-2-12-8-15-13(17)16(12)9-11-5-3-10(7-14)4-6-11/h3-6,8H,2,9H2,1H3,(H,15,17). The Morgan fingerprint density at radius 3 is 2.65 bits per heavy atom. The first kappa shape index (κ1) is 11.6. The number of H-pyrrole nitrogens is 1. The molecular formula is C13H13N3S. The van der Waals surface area contributed by atoms with Crippen LogP contribution in [0.15, 0.2) is 30.5 Å². The van der Waals surface area contributed by atoms with E-state index in [2.05, 4.69) is 22.5 Å². The molecule has 0 saturated heterocycles. The second-order valence-electron chi connectivity index (χ2n) is 3.83. The molecule has 2 aromatic rings. The summed E-state index contributed by atoms with van der Waals surface area (Å²) in [5, 5.41) is 8.73. The number of aromatic nitrogens is 2. The Morgan fingerprint density at radius 1 is 1.35 bits per heavy atom. The summed E-state index contributed by atoms with van der Waals surface area (Å²) >= 11 is 5.24. The Kier molecular flexibility index (Phi) is 3.40. The molecule has 0 saturated carbocycles. The number of aryl methyl sites for hydroxylation is 1. The zero-order chi connectivity index (χ0) is 12.3. The van der Waals surface area contributed by atoms with Crippen molar-refractivity contribution in [3.63, 3.8) is 0 Å². The van der Waals surface area contributed by atoms with Crippen LogP contribution in [0.2, 0.25) is 0 Å². The molecule has 17 heavy (non-hydrogen) atoms. The number of aromatic amines is 1. The van der Waals surface area contributed by atoms with Gasteiger partial charge < -0.3 is 9.55 Å². The maximum Gasteiger partial charge on any atom is 0.177 e. The first-order valence-corrected chi connectivity index (χ1v) is 5.91. The molecule has 0 amide bonds. The predicted molar refractivity (Wildman–Crippen MR) is 69.3 cm³/mol. The van der Waals surface area contributed by atoms with E-state index >= 15 is 0 Å². The lowest BCUT2D eigenvalue weighted by atomic mass is 10.1. The molecule has 0 unspecified atom stereocenters. The van der Waals surface area contributed by atoms with Crippen molar-refractivity contribution in [2.24, 2.45) is 0 Å². The van der Waals surface area contributed by atoms with Gasteiger partial charge >= 0.3 is 0 Å². The van der Waals surface area contributed by atoms with E-state index in [1.807, 2.05) is 30.5 Å². The molecular weight excluding hydrogens is 230 g/mol. The van der Waals surface area contributed by atoms with Gasteiger partial charge in [-0.25, -0.2) is 0 Å². The second-order valence-corrected chi connectivity index (χ2v) is 4.22. The zero-order valence-electron chi connectivity index (χ0n) is 9.60. The summed E-state index contributed by atoms with van der Waals surface area (Å²) in [7, 11) is 0. The third-order valence-corrected chi connectivity index (χ3v) is 3.08. The van der Waals surface area contributed by atoms with Crippen LogP contribution in [0.3, 0.4) is 0 Å². The molecule has 0 spiro atoms. The van der Waals surface area contributed by atoms with Gasteiger partial charge in [0, 0.05) is 11.9 Å². The van der Waals surface area contributed by atoms with Crippen molar-refractivity contribution < 1.29 is 0 Å². The van der Waals surface area contributed by atoms with Crippen LogP contribution in [0.25, 0.3) is 0 Å². The van der Waals surface area contributed by atoms with Crippen LogP contribution in [-0.4, -0.2) is 9.55 Å². The third kappa shape index (κ3) is 2.45. The maximum atomic E-state index is 8.73. The fourth-order valence-electron chi connectivity index (χ4n) is 1.76. The van der Waals surface area contributed by atoms with Gasteiger partial charge in [0.15, 0.2) is 4.77 Å². The van der Waals surface area contributed by atoms with Gasteiger partial charge in [0.05, 0.1) is 18.2 Å². The van der Waals surface area contributed by atoms with Gasteiger partial charge in [0.2, 0.25) is 0 Å². The smallest absolute Gasteiger partial charge is 0.177 e. The highest BCUT2D eigenvalue weighted by Gasteiger charge is 2.03. The van der Waals surface area contributed by atoms with E-state index < -0.39 is 0 Å². The van der Waals surface area contributed by atoms with Gasteiger partial charge in [0.1, 0.15) is 0 Å². The van der Waals surface area contributed by atoms with Crippen molar-refractivity contribution in [2.75, 3.05) is 0 Å². The van der Waals surface area contributed by atoms with E-state index in [-0.39, 0.29) is 0 Å².